The molecule has 2 aromatic carbocycles. The smallest absolute Gasteiger partial charge is 0.337 e. The molecule has 0 aromatic heterocycles. The van der Waals surface area contributed by atoms with Crippen LogP contribution in [0.1, 0.15) is 22.0 Å². The number of carbonyl (C=O) groups is 2. The lowest BCUT2D eigenvalue weighted by atomic mass is 10.1. The number of hydrogen-bond acceptors (Lipinski definition) is 4. The molecule has 1 amide bonds. The molecule has 5 heteroatoms. The minimum absolute atomic E-state index is 0.225. The number of carbonyl (C=O) groups excluding carboxylic acids is 2. The maximum absolute atomic E-state index is 12.4. The Labute approximate surface area is 129 Å². The maximum Gasteiger partial charge on any atom is 0.337 e. The van der Waals surface area contributed by atoms with Gasteiger partial charge >= 0.3 is 5.97 Å². The van der Waals surface area contributed by atoms with Crippen LogP contribution in [0.5, 0.6) is 0 Å². The van der Waals surface area contributed by atoms with E-state index in [2.05, 4.69) is 4.74 Å². The molecular formula is C17H18N2O3. The van der Waals surface area contributed by atoms with Gasteiger partial charge in [-0.2, -0.15) is 0 Å². The fourth-order valence-electron chi connectivity index (χ4n) is 2.08. The fourth-order valence-corrected chi connectivity index (χ4v) is 2.08. The second-order valence-corrected chi connectivity index (χ2v) is 4.82. The van der Waals surface area contributed by atoms with Gasteiger partial charge in [0.05, 0.1) is 12.7 Å². The van der Waals surface area contributed by atoms with Gasteiger partial charge in [-0.1, -0.05) is 30.3 Å². The van der Waals surface area contributed by atoms with E-state index in [-0.39, 0.29) is 5.91 Å². The predicted octanol–water partition coefficient (Wildman–Crippen LogP) is 2.14. The molecule has 0 fully saturated rings. The van der Waals surface area contributed by atoms with Crippen molar-refractivity contribution in [3.05, 3.63) is 65.7 Å². The molecule has 1 atom stereocenters. The van der Waals surface area contributed by atoms with E-state index in [1.165, 1.54) is 12.0 Å². The highest BCUT2D eigenvalue weighted by Crippen LogP contribution is 2.19. The molecule has 0 unspecified atom stereocenters. The number of likely N-dealkylation sites (N-methyl/N-ethyl adjacent to an activating group) is 1. The summed E-state index contributed by atoms with van der Waals surface area (Å²) in [5.74, 6) is -0.640. The first-order valence-corrected chi connectivity index (χ1v) is 6.81. The third-order valence-electron chi connectivity index (χ3n) is 3.43. The number of benzene rings is 2. The zero-order chi connectivity index (χ0) is 16.1. The number of ether oxygens (including phenoxy) is 1. The number of nitrogens with two attached hydrogens (primary N) is 1. The van der Waals surface area contributed by atoms with E-state index < -0.39 is 12.0 Å². The Morgan fingerprint density at radius 1 is 1.05 bits per heavy atom. The van der Waals surface area contributed by atoms with E-state index in [4.69, 9.17) is 5.73 Å². The zero-order valence-electron chi connectivity index (χ0n) is 12.5. The molecule has 0 heterocycles. The largest absolute Gasteiger partial charge is 0.465 e. The molecular weight excluding hydrogens is 280 g/mol. The monoisotopic (exact) mass is 298 g/mol. The number of esters is 1. The summed E-state index contributed by atoms with van der Waals surface area (Å²) >= 11 is 0. The number of hydrogen-bond donors (Lipinski definition) is 1. The van der Waals surface area contributed by atoms with Crippen molar-refractivity contribution in [3.63, 3.8) is 0 Å². The van der Waals surface area contributed by atoms with Gasteiger partial charge in [-0.15, -0.1) is 0 Å². The highest BCUT2D eigenvalue weighted by atomic mass is 16.5. The van der Waals surface area contributed by atoms with E-state index in [1.54, 1.807) is 31.3 Å². The van der Waals surface area contributed by atoms with Gasteiger partial charge in [0, 0.05) is 12.7 Å². The molecule has 0 saturated carbocycles. The number of nitrogens with zero attached hydrogens (tertiary/aromatic N) is 1. The lowest BCUT2D eigenvalue weighted by Crippen LogP contribution is -2.35. The van der Waals surface area contributed by atoms with Crippen molar-refractivity contribution >= 4 is 17.6 Å². The van der Waals surface area contributed by atoms with Gasteiger partial charge in [-0.05, 0) is 29.8 Å². The van der Waals surface area contributed by atoms with E-state index >= 15 is 0 Å². The standard InChI is InChI=1S/C17H18N2O3/c1-19(14-10-8-13(9-11-14)17(21)22-2)16(20)15(18)12-6-4-3-5-7-12/h3-11,15H,18H2,1-2H3/t15-/m0/s1. The summed E-state index contributed by atoms with van der Waals surface area (Å²) in [7, 11) is 2.98. The summed E-state index contributed by atoms with van der Waals surface area (Å²) < 4.78 is 4.64. The number of methoxy groups -OCH3 is 1. The fraction of sp³-hybridized carbons (Fsp3) is 0.176. The maximum atomic E-state index is 12.4. The molecule has 0 saturated heterocycles. The highest BCUT2D eigenvalue weighted by molar-refractivity contribution is 5.97. The van der Waals surface area contributed by atoms with Crippen molar-refractivity contribution in [1.82, 2.24) is 0 Å². The number of rotatable bonds is 4. The van der Waals surface area contributed by atoms with Crippen molar-refractivity contribution in [2.24, 2.45) is 5.73 Å². The summed E-state index contributed by atoms with van der Waals surface area (Å²) in [4.78, 5) is 25.3. The first-order chi connectivity index (χ1) is 10.5. The first kappa shape index (κ1) is 15.7. The van der Waals surface area contributed by atoms with Crippen molar-refractivity contribution in [2.75, 3.05) is 19.1 Å². The van der Waals surface area contributed by atoms with E-state index in [1.807, 2.05) is 30.3 Å². The molecule has 5 nitrogen and oxygen atoms in total. The molecule has 114 valence electrons. The van der Waals surface area contributed by atoms with Crippen LogP contribution >= 0.6 is 0 Å². The van der Waals surface area contributed by atoms with E-state index in [0.29, 0.717) is 11.3 Å². The van der Waals surface area contributed by atoms with Gasteiger partial charge in [-0.3, -0.25) is 4.79 Å². The molecule has 2 rings (SSSR count). The van der Waals surface area contributed by atoms with Crippen LogP contribution in [0, 0.1) is 0 Å². The Kier molecular flexibility index (Phi) is 4.91. The molecule has 2 aromatic rings. The van der Waals surface area contributed by atoms with Crippen molar-refractivity contribution in [1.29, 1.82) is 0 Å². The molecule has 0 bridgehead atoms. The SMILES string of the molecule is COC(=O)c1ccc(N(C)C(=O)[C@@H](N)c2ccccc2)cc1. The second-order valence-electron chi connectivity index (χ2n) is 4.82. The third-order valence-corrected chi connectivity index (χ3v) is 3.43. The van der Waals surface area contributed by atoms with Gasteiger partial charge in [0.2, 0.25) is 5.91 Å². The Morgan fingerprint density at radius 3 is 2.18 bits per heavy atom. The second kappa shape index (κ2) is 6.87. The lowest BCUT2D eigenvalue weighted by Gasteiger charge is -2.21. The Balaban J connectivity index is 2.15. The topological polar surface area (TPSA) is 72.6 Å². The average molecular weight is 298 g/mol. The number of anilines is 1. The Bertz CT molecular complexity index is 653. The van der Waals surface area contributed by atoms with Crippen LogP contribution in [0.15, 0.2) is 54.6 Å². The quantitative estimate of drug-likeness (QED) is 0.878. The van der Waals surface area contributed by atoms with Crippen LogP contribution in [-0.2, 0) is 9.53 Å². The molecule has 0 aliphatic rings. The van der Waals surface area contributed by atoms with Crippen LogP contribution in [0.3, 0.4) is 0 Å². The molecule has 0 aliphatic heterocycles. The average Bonchev–Trinajstić information content (AvgIpc) is 2.60. The van der Waals surface area contributed by atoms with Gasteiger partial charge in [0.1, 0.15) is 6.04 Å². The van der Waals surface area contributed by atoms with E-state index in [9.17, 15) is 9.59 Å². The van der Waals surface area contributed by atoms with Gasteiger partial charge in [0.25, 0.3) is 0 Å². The van der Waals surface area contributed by atoms with Crippen molar-refractivity contribution < 1.29 is 14.3 Å². The summed E-state index contributed by atoms with van der Waals surface area (Å²) in [6.45, 7) is 0. The first-order valence-electron chi connectivity index (χ1n) is 6.81. The molecule has 0 spiro atoms. The summed E-state index contributed by atoms with van der Waals surface area (Å²) in [6, 6.07) is 15.0. The Morgan fingerprint density at radius 2 is 1.64 bits per heavy atom. The Hall–Kier alpha value is -2.66. The molecule has 22 heavy (non-hydrogen) atoms. The molecule has 2 N–H and O–H groups in total. The van der Waals surface area contributed by atoms with Crippen molar-refractivity contribution in [3.8, 4) is 0 Å². The lowest BCUT2D eigenvalue weighted by molar-refractivity contribution is -0.119. The normalized spacial score (nSPS) is 11.6. The van der Waals surface area contributed by atoms with Crippen LogP contribution in [-0.4, -0.2) is 26.0 Å². The van der Waals surface area contributed by atoms with Gasteiger partial charge < -0.3 is 15.4 Å². The highest BCUT2D eigenvalue weighted by Gasteiger charge is 2.20. The third kappa shape index (κ3) is 3.32. The van der Waals surface area contributed by atoms with Crippen LogP contribution < -0.4 is 10.6 Å². The summed E-state index contributed by atoms with van der Waals surface area (Å²) in [5, 5.41) is 0. The summed E-state index contributed by atoms with van der Waals surface area (Å²) in [5.41, 5.74) is 7.85. The van der Waals surface area contributed by atoms with Gasteiger partial charge in [0.15, 0.2) is 0 Å². The van der Waals surface area contributed by atoms with Crippen LogP contribution in [0.25, 0.3) is 0 Å². The molecule has 0 radical (unpaired) electrons. The van der Waals surface area contributed by atoms with Crippen LogP contribution in [0.2, 0.25) is 0 Å². The van der Waals surface area contributed by atoms with Crippen LogP contribution in [0.4, 0.5) is 5.69 Å². The van der Waals surface area contributed by atoms with E-state index in [0.717, 1.165) is 5.56 Å². The summed E-state index contributed by atoms with van der Waals surface area (Å²) in [6.07, 6.45) is 0. The van der Waals surface area contributed by atoms with Crippen molar-refractivity contribution in [2.45, 2.75) is 6.04 Å². The molecule has 0 aliphatic carbocycles. The number of amides is 1. The van der Waals surface area contributed by atoms with Gasteiger partial charge in [-0.25, -0.2) is 4.79 Å². The predicted molar refractivity (Wildman–Crippen MR) is 84.6 cm³/mol. The minimum atomic E-state index is -0.730. The zero-order valence-corrected chi connectivity index (χ0v) is 12.5. The minimum Gasteiger partial charge on any atom is -0.465 e.